The number of carboxylic acids is 1. The molecule has 1 rings (SSSR count). The van der Waals surface area contributed by atoms with Crippen LogP contribution < -0.4 is 10.5 Å². The summed E-state index contributed by atoms with van der Waals surface area (Å²) in [5, 5.41) is 9.05. The average Bonchev–Trinajstić information content (AvgIpc) is 2.26. The summed E-state index contributed by atoms with van der Waals surface area (Å²) in [6, 6.07) is 4.13. The van der Waals surface area contributed by atoms with Crippen molar-refractivity contribution in [1.29, 1.82) is 0 Å². The van der Waals surface area contributed by atoms with E-state index in [4.69, 9.17) is 15.6 Å². The molecule has 0 saturated heterocycles. The van der Waals surface area contributed by atoms with E-state index in [0.29, 0.717) is 12.2 Å². The van der Waals surface area contributed by atoms with Crippen molar-refractivity contribution >= 4 is 5.97 Å². The average molecular weight is 265 g/mol. The maximum atomic E-state index is 11.0. The number of hydrogen-bond donors (Lipinski definition) is 2. The molecule has 0 heterocycles. The first-order valence-corrected chi connectivity index (χ1v) is 6.60. The predicted molar refractivity (Wildman–Crippen MR) is 75.6 cm³/mol. The summed E-state index contributed by atoms with van der Waals surface area (Å²) in [7, 11) is 0. The molecule has 2 unspecified atom stereocenters. The van der Waals surface area contributed by atoms with Crippen molar-refractivity contribution in [2.75, 3.05) is 0 Å². The molecule has 0 spiro atoms. The first-order valence-electron chi connectivity index (χ1n) is 6.60. The van der Waals surface area contributed by atoms with Crippen LogP contribution in [0.5, 0.6) is 5.75 Å². The maximum Gasteiger partial charge on any atom is 0.344 e. The second-order valence-corrected chi connectivity index (χ2v) is 5.09. The Morgan fingerprint density at radius 2 is 1.89 bits per heavy atom. The Morgan fingerprint density at radius 1 is 1.37 bits per heavy atom. The molecule has 0 aliphatic heterocycles. The van der Waals surface area contributed by atoms with Gasteiger partial charge in [-0.25, -0.2) is 4.79 Å². The molecule has 0 radical (unpaired) electrons. The second-order valence-electron chi connectivity index (χ2n) is 5.09. The van der Waals surface area contributed by atoms with Gasteiger partial charge in [-0.15, -0.1) is 0 Å². The molecular formula is C15H23NO3. The van der Waals surface area contributed by atoms with Crippen LogP contribution in [0, 0.1) is 13.8 Å². The molecule has 0 aliphatic rings. The molecule has 0 amide bonds. The third-order valence-corrected chi connectivity index (χ3v) is 2.98. The monoisotopic (exact) mass is 265 g/mol. The number of aliphatic carboxylic acids is 1. The van der Waals surface area contributed by atoms with Crippen molar-refractivity contribution < 1.29 is 14.6 Å². The van der Waals surface area contributed by atoms with E-state index in [2.05, 4.69) is 0 Å². The number of nitrogens with two attached hydrogens (primary N) is 1. The van der Waals surface area contributed by atoms with E-state index in [0.717, 1.165) is 23.1 Å². The normalized spacial score (nSPS) is 13.9. The van der Waals surface area contributed by atoms with E-state index >= 15 is 0 Å². The van der Waals surface area contributed by atoms with Crippen molar-refractivity contribution in [2.24, 2.45) is 5.73 Å². The molecule has 0 bridgehead atoms. The van der Waals surface area contributed by atoms with Crippen molar-refractivity contribution in [2.45, 2.75) is 52.7 Å². The van der Waals surface area contributed by atoms with Crippen LogP contribution in [0.25, 0.3) is 0 Å². The van der Waals surface area contributed by atoms with Crippen LogP contribution in [0.1, 0.15) is 37.0 Å². The van der Waals surface area contributed by atoms with Crippen molar-refractivity contribution in [3.05, 3.63) is 28.8 Å². The Labute approximate surface area is 114 Å². The number of rotatable bonds is 6. The first kappa shape index (κ1) is 15.5. The van der Waals surface area contributed by atoms with Gasteiger partial charge in [-0.3, -0.25) is 0 Å². The van der Waals surface area contributed by atoms with Gasteiger partial charge in [-0.2, -0.15) is 0 Å². The van der Waals surface area contributed by atoms with Crippen LogP contribution in [-0.4, -0.2) is 23.2 Å². The number of carbonyl (C=O) groups is 1. The molecule has 106 valence electrons. The third kappa shape index (κ3) is 4.24. The molecule has 3 N–H and O–H groups in total. The Kier molecular flexibility index (Phi) is 5.36. The summed E-state index contributed by atoms with van der Waals surface area (Å²) in [5.41, 5.74) is 8.86. The molecule has 0 aliphatic carbocycles. The summed E-state index contributed by atoms with van der Waals surface area (Å²) in [5.74, 6) is -0.261. The van der Waals surface area contributed by atoms with Crippen molar-refractivity contribution in [1.82, 2.24) is 0 Å². The molecule has 1 aromatic rings. The van der Waals surface area contributed by atoms with E-state index in [1.54, 1.807) is 6.92 Å². The molecular weight excluding hydrogens is 242 g/mol. The van der Waals surface area contributed by atoms with E-state index in [1.807, 2.05) is 32.9 Å². The first-order chi connectivity index (χ1) is 8.85. The van der Waals surface area contributed by atoms with Crippen molar-refractivity contribution in [3.8, 4) is 5.75 Å². The van der Waals surface area contributed by atoms with Gasteiger partial charge in [0, 0.05) is 6.04 Å². The molecule has 4 nitrogen and oxygen atoms in total. The Bertz CT molecular complexity index is 432. The molecule has 19 heavy (non-hydrogen) atoms. The fraction of sp³-hybridized carbons (Fsp3) is 0.533. The molecule has 0 aromatic heterocycles. The minimum atomic E-state index is -0.930. The lowest BCUT2D eigenvalue weighted by molar-refractivity contribution is -0.145. The lowest BCUT2D eigenvalue weighted by Crippen LogP contribution is -2.26. The highest BCUT2D eigenvalue weighted by Gasteiger charge is 2.19. The Hall–Kier alpha value is -1.55. The topological polar surface area (TPSA) is 72.5 Å². The number of ether oxygens (including phenoxy) is 1. The fourth-order valence-corrected chi connectivity index (χ4v) is 2.17. The second kappa shape index (κ2) is 6.57. The number of hydrogen-bond acceptors (Lipinski definition) is 3. The highest BCUT2D eigenvalue weighted by atomic mass is 16.5. The molecule has 1 aromatic carbocycles. The lowest BCUT2D eigenvalue weighted by Gasteiger charge is -2.18. The van der Waals surface area contributed by atoms with Crippen molar-refractivity contribution in [3.63, 3.8) is 0 Å². The summed E-state index contributed by atoms with van der Waals surface area (Å²) < 4.78 is 5.62. The molecule has 4 heteroatoms. The van der Waals surface area contributed by atoms with Gasteiger partial charge >= 0.3 is 5.97 Å². The zero-order valence-electron chi connectivity index (χ0n) is 12.1. The van der Waals surface area contributed by atoms with E-state index in [9.17, 15) is 4.79 Å². The predicted octanol–water partition coefficient (Wildman–Crippen LogP) is 2.44. The van der Waals surface area contributed by atoms with Gasteiger partial charge in [0.05, 0.1) is 0 Å². The summed E-state index contributed by atoms with van der Waals surface area (Å²) >= 11 is 0. The van der Waals surface area contributed by atoms with E-state index in [1.165, 1.54) is 0 Å². The van der Waals surface area contributed by atoms with E-state index < -0.39 is 12.1 Å². The minimum absolute atomic E-state index is 0.105. The van der Waals surface area contributed by atoms with Gasteiger partial charge in [0.25, 0.3) is 0 Å². The van der Waals surface area contributed by atoms with Gasteiger partial charge in [-0.05, 0) is 50.3 Å². The van der Waals surface area contributed by atoms with Crippen LogP contribution in [0.15, 0.2) is 12.1 Å². The van der Waals surface area contributed by atoms with Gasteiger partial charge in [-0.1, -0.05) is 19.1 Å². The Balaban J connectivity index is 2.99. The van der Waals surface area contributed by atoms with Gasteiger partial charge < -0.3 is 15.6 Å². The fourth-order valence-electron chi connectivity index (χ4n) is 2.17. The number of carboxylic acid groups (broad SMARTS) is 1. The largest absolute Gasteiger partial charge is 0.479 e. The van der Waals surface area contributed by atoms with E-state index in [-0.39, 0.29) is 6.04 Å². The SMILES string of the molecule is CCC(Oc1c(C)cc(CC(C)N)cc1C)C(=O)O. The molecule has 0 saturated carbocycles. The van der Waals surface area contributed by atoms with Crippen LogP contribution in [0.4, 0.5) is 0 Å². The van der Waals surface area contributed by atoms with Gasteiger partial charge in [0.15, 0.2) is 6.10 Å². The van der Waals surface area contributed by atoms with Crippen LogP contribution in [0.2, 0.25) is 0 Å². The summed E-state index contributed by atoms with van der Waals surface area (Å²) in [6.07, 6.45) is 0.449. The van der Waals surface area contributed by atoms with Gasteiger partial charge in [0.1, 0.15) is 5.75 Å². The molecule has 2 atom stereocenters. The highest BCUT2D eigenvalue weighted by Crippen LogP contribution is 2.27. The van der Waals surface area contributed by atoms with Crippen LogP contribution in [0.3, 0.4) is 0 Å². The minimum Gasteiger partial charge on any atom is -0.479 e. The lowest BCUT2D eigenvalue weighted by atomic mass is 10.0. The Morgan fingerprint density at radius 3 is 2.26 bits per heavy atom. The number of aryl methyl sites for hydroxylation is 2. The summed E-state index contributed by atoms with van der Waals surface area (Å²) in [4.78, 5) is 11.0. The molecule has 0 fully saturated rings. The third-order valence-electron chi connectivity index (χ3n) is 2.98. The van der Waals surface area contributed by atoms with Gasteiger partial charge in [0.2, 0.25) is 0 Å². The number of benzene rings is 1. The quantitative estimate of drug-likeness (QED) is 0.828. The zero-order chi connectivity index (χ0) is 14.6. The maximum absolute atomic E-state index is 11.0. The standard InChI is InChI=1S/C15H23NO3/c1-5-13(15(17)18)19-14-9(2)6-12(7-10(14)3)8-11(4)16/h6-7,11,13H,5,8,16H2,1-4H3,(H,17,18). The van der Waals surface area contributed by atoms with Crippen LogP contribution in [-0.2, 0) is 11.2 Å². The zero-order valence-corrected chi connectivity index (χ0v) is 12.1. The smallest absolute Gasteiger partial charge is 0.344 e. The summed E-state index contributed by atoms with van der Waals surface area (Å²) in [6.45, 7) is 7.63. The highest BCUT2D eigenvalue weighted by molar-refractivity contribution is 5.72. The van der Waals surface area contributed by atoms with Crippen LogP contribution >= 0.6 is 0 Å².